The Bertz CT molecular complexity index is 440. The van der Waals surface area contributed by atoms with E-state index in [1.54, 1.807) is 16.7 Å². The summed E-state index contributed by atoms with van der Waals surface area (Å²) < 4.78 is 12.0. The molecular formula is C11H12Br2O3S2. The van der Waals surface area contributed by atoms with E-state index in [1.165, 1.54) is 11.3 Å². The number of hydrogen-bond donors (Lipinski definition) is 1. The van der Waals surface area contributed by atoms with Crippen LogP contribution in [0, 0.1) is 0 Å². The zero-order valence-electron chi connectivity index (χ0n) is 9.56. The lowest BCUT2D eigenvalue weighted by atomic mass is 10.6. The Hall–Kier alpha value is -0.0800. The molecule has 0 unspecified atom stereocenters. The molecule has 0 aliphatic carbocycles. The summed E-state index contributed by atoms with van der Waals surface area (Å²) in [6.07, 6.45) is 0. The van der Waals surface area contributed by atoms with Crippen LogP contribution in [0.3, 0.4) is 0 Å². The summed E-state index contributed by atoms with van der Waals surface area (Å²) in [5, 5.41) is 16.1. The van der Waals surface area contributed by atoms with Gasteiger partial charge in [-0.2, -0.15) is 0 Å². The molecule has 1 N–H and O–H groups in total. The first-order chi connectivity index (χ1) is 8.65. The molecule has 0 spiro atoms. The third kappa shape index (κ3) is 5.71. The Balaban J connectivity index is 0.000000199. The Kier molecular flexibility index (Phi) is 7.92. The minimum Gasteiger partial charge on any atom is -0.506 e. The minimum atomic E-state index is 0.324. The summed E-state index contributed by atoms with van der Waals surface area (Å²) in [4.78, 5) is 0. The van der Waals surface area contributed by atoms with Crippen molar-refractivity contribution in [2.75, 3.05) is 13.4 Å². The molecule has 2 aromatic rings. The van der Waals surface area contributed by atoms with E-state index < -0.39 is 0 Å². The van der Waals surface area contributed by atoms with Gasteiger partial charge in [-0.15, -0.1) is 22.7 Å². The molecule has 2 rings (SSSR count). The molecule has 18 heavy (non-hydrogen) atoms. The molecule has 2 aromatic heterocycles. The van der Waals surface area contributed by atoms with E-state index in [0.717, 1.165) is 14.7 Å². The topological polar surface area (TPSA) is 38.7 Å². The average molecular weight is 416 g/mol. The summed E-state index contributed by atoms with van der Waals surface area (Å²) in [6.45, 7) is 2.94. The van der Waals surface area contributed by atoms with Gasteiger partial charge >= 0.3 is 0 Å². The van der Waals surface area contributed by atoms with Crippen molar-refractivity contribution in [3.63, 3.8) is 0 Å². The maximum absolute atomic E-state index is 8.72. The zero-order chi connectivity index (χ0) is 13.4. The molecule has 0 fully saturated rings. The highest BCUT2D eigenvalue weighted by Gasteiger charge is 1.99. The molecule has 0 aromatic carbocycles. The fraction of sp³-hybridized carbons (Fsp3) is 0.273. The fourth-order valence-corrected chi connectivity index (χ4v) is 3.32. The van der Waals surface area contributed by atoms with Crippen LogP contribution < -0.4 is 4.74 Å². The van der Waals surface area contributed by atoms with Gasteiger partial charge in [0.15, 0.2) is 6.79 Å². The van der Waals surface area contributed by atoms with Crippen molar-refractivity contribution < 1.29 is 14.6 Å². The summed E-state index contributed by atoms with van der Waals surface area (Å²) >= 11 is 9.54. The molecule has 0 aliphatic rings. The minimum absolute atomic E-state index is 0.324. The molecule has 2 heterocycles. The van der Waals surface area contributed by atoms with E-state index in [-0.39, 0.29) is 0 Å². The fourth-order valence-electron chi connectivity index (χ4n) is 0.836. The molecule has 0 aliphatic heterocycles. The number of ether oxygens (including phenoxy) is 2. The molecule has 0 bridgehead atoms. The van der Waals surface area contributed by atoms with Crippen LogP contribution in [0.4, 0.5) is 0 Å². The lowest BCUT2D eigenvalue weighted by Gasteiger charge is -2.02. The molecule has 0 saturated carbocycles. The molecule has 0 radical (unpaired) electrons. The second kappa shape index (κ2) is 8.92. The van der Waals surface area contributed by atoms with Crippen molar-refractivity contribution in [1.82, 2.24) is 0 Å². The van der Waals surface area contributed by atoms with Gasteiger partial charge in [-0.1, -0.05) is 0 Å². The second-order valence-electron chi connectivity index (χ2n) is 2.94. The van der Waals surface area contributed by atoms with E-state index in [4.69, 9.17) is 14.6 Å². The third-order valence-electron chi connectivity index (χ3n) is 1.68. The van der Waals surface area contributed by atoms with Crippen LogP contribution in [0.15, 0.2) is 30.5 Å². The van der Waals surface area contributed by atoms with E-state index in [1.807, 2.05) is 23.1 Å². The Morgan fingerprint density at radius 1 is 1.11 bits per heavy atom. The quantitative estimate of drug-likeness (QED) is 0.557. The van der Waals surface area contributed by atoms with Gasteiger partial charge in [0.2, 0.25) is 0 Å². The van der Waals surface area contributed by atoms with E-state index in [9.17, 15) is 0 Å². The van der Waals surface area contributed by atoms with E-state index >= 15 is 0 Å². The van der Waals surface area contributed by atoms with Gasteiger partial charge in [0, 0.05) is 28.1 Å². The molecule has 0 atom stereocenters. The maximum Gasteiger partial charge on any atom is 0.189 e. The number of aromatic hydroxyl groups is 1. The van der Waals surface area contributed by atoms with Gasteiger partial charge < -0.3 is 14.6 Å². The van der Waals surface area contributed by atoms with Gasteiger partial charge in [0.05, 0.1) is 8.95 Å². The Labute approximate surface area is 131 Å². The smallest absolute Gasteiger partial charge is 0.189 e. The van der Waals surface area contributed by atoms with E-state index in [2.05, 4.69) is 31.9 Å². The van der Waals surface area contributed by atoms with Gasteiger partial charge in [0.25, 0.3) is 0 Å². The van der Waals surface area contributed by atoms with Crippen LogP contribution in [-0.2, 0) is 4.74 Å². The van der Waals surface area contributed by atoms with Crippen molar-refractivity contribution in [2.45, 2.75) is 6.92 Å². The largest absolute Gasteiger partial charge is 0.506 e. The Morgan fingerprint density at radius 3 is 2.17 bits per heavy atom. The monoisotopic (exact) mass is 414 g/mol. The van der Waals surface area contributed by atoms with Crippen LogP contribution in [0.1, 0.15) is 6.92 Å². The van der Waals surface area contributed by atoms with Crippen molar-refractivity contribution in [2.24, 2.45) is 0 Å². The molecule has 100 valence electrons. The Morgan fingerprint density at radius 2 is 1.78 bits per heavy atom. The summed E-state index contributed by atoms with van der Waals surface area (Å²) in [7, 11) is 0. The average Bonchev–Trinajstić information content (AvgIpc) is 2.91. The van der Waals surface area contributed by atoms with E-state index in [0.29, 0.717) is 19.1 Å². The lowest BCUT2D eigenvalue weighted by Crippen LogP contribution is -2.01. The van der Waals surface area contributed by atoms with Crippen molar-refractivity contribution in [3.8, 4) is 11.5 Å². The highest BCUT2D eigenvalue weighted by molar-refractivity contribution is 9.11. The summed E-state index contributed by atoms with van der Waals surface area (Å²) in [6, 6.07) is 0. The zero-order valence-corrected chi connectivity index (χ0v) is 14.4. The van der Waals surface area contributed by atoms with Crippen LogP contribution in [0.5, 0.6) is 11.5 Å². The SMILES string of the molecule is CCOCOc1cscc1Br.Oc1cscc1Br. The van der Waals surface area contributed by atoms with Crippen LogP contribution in [-0.4, -0.2) is 18.5 Å². The highest BCUT2D eigenvalue weighted by atomic mass is 79.9. The molecular weight excluding hydrogens is 404 g/mol. The van der Waals surface area contributed by atoms with Crippen LogP contribution in [0.25, 0.3) is 0 Å². The lowest BCUT2D eigenvalue weighted by molar-refractivity contribution is 0.0222. The highest BCUT2D eigenvalue weighted by Crippen LogP contribution is 2.28. The first-order valence-corrected chi connectivity index (χ1v) is 8.45. The van der Waals surface area contributed by atoms with Gasteiger partial charge in [-0.25, -0.2) is 0 Å². The number of rotatable bonds is 4. The number of thiophene rings is 2. The molecule has 7 heteroatoms. The van der Waals surface area contributed by atoms with Crippen molar-refractivity contribution in [1.29, 1.82) is 0 Å². The van der Waals surface area contributed by atoms with Gasteiger partial charge in [-0.05, 0) is 38.8 Å². The third-order valence-corrected chi connectivity index (χ3v) is 4.99. The van der Waals surface area contributed by atoms with Gasteiger partial charge in [0.1, 0.15) is 11.5 Å². The summed E-state index contributed by atoms with van der Waals surface area (Å²) in [5.74, 6) is 1.17. The standard InChI is InChI=1S/C7H9BrO2S.C4H3BrOS/c1-2-9-5-10-7-4-11-3-6(7)8;5-3-1-7-2-4(3)6/h3-4H,2,5H2,1H3;1-2,6H. The number of halogens is 2. The first-order valence-electron chi connectivity index (χ1n) is 4.98. The first kappa shape index (κ1) is 16.0. The van der Waals surface area contributed by atoms with Crippen LogP contribution >= 0.6 is 54.5 Å². The maximum atomic E-state index is 8.72. The van der Waals surface area contributed by atoms with Crippen molar-refractivity contribution >= 4 is 54.5 Å². The summed E-state index contributed by atoms with van der Waals surface area (Å²) in [5.41, 5.74) is 0. The molecule has 0 saturated heterocycles. The predicted octanol–water partition coefficient (Wildman–Crippen LogP) is 5.10. The van der Waals surface area contributed by atoms with Crippen LogP contribution in [0.2, 0.25) is 0 Å². The number of hydrogen-bond acceptors (Lipinski definition) is 5. The van der Waals surface area contributed by atoms with Gasteiger partial charge in [-0.3, -0.25) is 0 Å². The normalized spacial score (nSPS) is 9.72. The predicted molar refractivity (Wildman–Crippen MR) is 82.8 cm³/mol. The van der Waals surface area contributed by atoms with Crippen molar-refractivity contribution in [3.05, 3.63) is 30.5 Å². The molecule has 3 nitrogen and oxygen atoms in total. The molecule has 0 amide bonds. The second-order valence-corrected chi connectivity index (χ2v) is 6.14.